The van der Waals surface area contributed by atoms with Gasteiger partial charge in [-0.3, -0.25) is 4.79 Å². The van der Waals surface area contributed by atoms with E-state index in [0.717, 1.165) is 12.1 Å². The van der Waals surface area contributed by atoms with Crippen molar-refractivity contribution in [3.63, 3.8) is 0 Å². The van der Waals surface area contributed by atoms with Gasteiger partial charge in [-0.05, 0) is 23.8 Å². The fourth-order valence-corrected chi connectivity index (χ4v) is 2.39. The number of nitrogen functional groups attached to an aromatic ring is 1. The van der Waals surface area contributed by atoms with Crippen molar-refractivity contribution < 1.29 is 18.0 Å². The van der Waals surface area contributed by atoms with Crippen molar-refractivity contribution in [2.24, 2.45) is 0 Å². The van der Waals surface area contributed by atoms with Gasteiger partial charge in [-0.2, -0.15) is 13.2 Å². The molecule has 0 fully saturated rings. The Labute approximate surface area is 140 Å². The summed E-state index contributed by atoms with van der Waals surface area (Å²) in [7, 11) is 0. The zero-order chi connectivity index (χ0) is 17.2. The SMILES string of the molecule is Nc1c(Cl)cc(NC(=O)Cc2cccc(C(F)(F)F)c2)cc1Cl. The number of amides is 1. The molecule has 0 aromatic heterocycles. The molecule has 3 N–H and O–H groups in total. The minimum atomic E-state index is -4.45. The third kappa shape index (κ3) is 4.53. The summed E-state index contributed by atoms with van der Waals surface area (Å²) in [6.45, 7) is 0. The van der Waals surface area contributed by atoms with Crippen LogP contribution in [0.25, 0.3) is 0 Å². The number of carbonyl (C=O) groups is 1. The third-order valence-corrected chi connectivity index (χ3v) is 3.61. The fourth-order valence-electron chi connectivity index (χ4n) is 1.90. The van der Waals surface area contributed by atoms with Crippen LogP contribution in [0.3, 0.4) is 0 Å². The van der Waals surface area contributed by atoms with Crippen LogP contribution in [-0.2, 0) is 17.4 Å². The molecule has 2 aromatic rings. The molecule has 0 unspecified atom stereocenters. The second kappa shape index (κ2) is 6.68. The van der Waals surface area contributed by atoms with Crippen molar-refractivity contribution >= 4 is 40.5 Å². The highest BCUT2D eigenvalue weighted by Gasteiger charge is 2.30. The minimum Gasteiger partial charge on any atom is -0.396 e. The predicted molar refractivity (Wildman–Crippen MR) is 84.7 cm³/mol. The predicted octanol–water partition coefficient (Wildman–Crippen LogP) is 4.78. The highest BCUT2D eigenvalue weighted by atomic mass is 35.5. The topological polar surface area (TPSA) is 55.1 Å². The van der Waals surface area contributed by atoms with Crippen LogP contribution < -0.4 is 11.1 Å². The molecule has 1 amide bonds. The van der Waals surface area contributed by atoms with Gasteiger partial charge in [0.2, 0.25) is 5.91 Å². The van der Waals surface area contributed by atoms with Crippen LogP contribution in [0.4, 0.5) is 24.5 Å². The van der Waals surface area contributed by atoms with E-state index in [9.17, 15) is 18.0 Å². The first-order valence-electron chi connectivity index (χ1n) is 6.37. The first kappa shape index (κ1) is 17.4. The molecule has 0 radical (unpaired) electrons. The van der Waals surface area contributed by atoms with Crippen LogP contribution in [-0.4, -0.2) is 5.91 Å². The number of carbonyl (C=O) groups excluding carboxylic acids is 1. The number of hydrogen-bond acceptors (Lipinski definition) is 2. The lowest BCUT2D eigenvalue weighted by atomic mass is 10.1. The van der Waals surface area contributed by atoms with Gasteiger partial charge in [0.1, 0.15) is 0 Å². The van der Waals surface area contributed by atoms with Crippen molar-refractivity contribution in [2.75, 3.05) is 11.1 Å². The smallest absolute Gasteiger partial charge is 0.396 e. The minimum absolute atomic E-state index is 0.173. The summed E-state index contributed by atoms with van der Waals surface area (Å²) in [4.78, 5) is 11.9. The molecule has 0 spiro atoms. The third-order valence-electron chi connectivity index (χ3n) is 2.98. The van der Waals surface area contributed by atoms with Crippen molar-refractivity contribution in [1.29, 1.82) is 0 Å². The molecule has 0 bridgehead atoms. The number of rotatable bonds is 3. The Morgan fingerprint density at radius 3 is 2.30 bits per heavy atom. The molecule has 0 heterocycles. The van der Waals surface area contributed by atoms with Gasteiger partial charge in [-0.15, -0.1) is 0 Å². The van der Waals surface area contributed by atoms with Gasteiger partial charge in [0.05, 0.1) is 27.7 Å². The van der Waals surface area contributed by atoms with E-state index in [2.05, 4.69) is 5.32 Å². The number of nitrogens with one attached hydrogen (secondary N) is 1. The van der Waals surface area contributed by atoms with Crippen LogP contribution >= 0.6 is 23.2 Å². The van der Waals surface area contributed by atoms with Gasteiger partial charge in [-0.25, -0.2) is 0 Å². The Morgan fingerprint density at radius 2 is 1.74 bits per heavy atom. The molecule has 23 heavy (non-hydrogen) atoms. The molecule has 8 heteroatoms. The molecular weight excluding hydrogens is 352 g/mol. The summed E-state index contributed by atoms with van der Waals surface area (Å²) in [5, 5.41) is 2.86. The molecule has 0 aliphatic carbocycles. The second-order valence-electron chi connectivity index (χ2n) is 4.78. The first-order chi connectivity index (χ1) is 10.7. The monoisotopic (exact) mass is 362 g/mol. The average Bonchev–Trinajstić information content (AvgIpc) is 2.44. The van der Waals surface area contributed by atoms with Crippen molar-refractivity contribution in [3.05, 3.63) is 57.6 Å². The lowest BCUT2D eigenvalue weighted by Crippen LogP contribution is -2.15. The van der Waals surface area contributed by atoms with E-state index in [1.165, 1.54) is 24.3 Å². The number of anilines is 2. The molecule has 2 aromatic carbocycles. The Bertz CT molecular complexity index is 725. The normalized spacial score (nSPS) is 11.3. The largest absolute Gasteiger partial charge is 0.416 e. The van der Waals surface area contributed by atoms with E-state index in [0.29, 0.717) is 5.69 Å². The number of benzene rings is 2. The van der Waals surface area contributed by atoms with Crippen molar-refractivity contribution in [3.8, 4) is 0 Å². The maximum absolute atomic E-state index is 12.6. The molecule has 0 saturated heterocycles. The maximum Gasteiger partial charge on any atom is 0.416 e. The van der Waals surface area contributed by atoms with Crippen LogP contribution in [0.2, 0.25) is 10.0 Å². The Balaban J connectivity index is 2.11. The van der Waals surface area contributed by atoms with E-state index in [1.807, 2.05) is 0 Å². The quantitative estimate of drug-likeness (QED) is 0.772. The molecule has 0 aliphatic heterocycles. The summed E-state index contributed by atoms with van der Waals surface area (Å²) >= 11 is 11.7. The maximum atomic E-state index is 12.6. The van der Waals surface area contributed by atoms with Gasteiger partial charge < -0.3 is 11.1 Å². The summed E-state index contributed by atoms with van der Waals surface area (Å²) < 4.78 is 37.9. The van der Waals surface area contributed by atoms with Crippen molar-refractivity contribution in [1.82, 2.24) is 0 Å². The van der Waals surface area contributed by atoms with Crippen molar-refractivity contribution in [2.45, 2.75) is 12.6 Å². The molecule has 122 valence electrons. The molecule has 2 rings (SSSR count). The van der Waals surface area contributed by atoms with Gasteiger partial charge in [-0.1, -0.05) is 41.4 Å². The zero-order valence-electron chi connectivity index (χ0n) is 11.5. The molecule has 0 saturated carbocycles. The van der Waals surface area contributed by atoms with Crippen LogP contribution in [0.15, 0.2) is 36.4 Å². The fraction of sp³-hybridized carbons (Fsp3) is 0.133. The van der Waals surface area contributed by atoms with Crippen LogP contribution in [0.5, 0.6) is 0 Å². The molecule has 0 atom stereocenters. The van der Waals surface area contributed by atoms with Crippen LogP contribution in [0, 0.1) is 0 Å². The number of hydrogen-bond donors (Lipinski definition) is 2. The van der Waals surface area contributed by atoms with Gasteiger partial charge in [0.15, 0.2) is 0 Å². The second-order valence-corrected chi connectivity index (χ2v) is 5.59. The van der Waals surface area contributed by atoms with Gasteiger partial charge >= 0.3 is 6.18 Å². The Hall–Kier alpha value is -1.92. The highest BCUT2D eigenvalue weighted by Crippen LogP contribution is 2.31. The van der Waals surface area contributed by atoms with Gasteiger partial charge in [0, 0.05) is 5.69 Å². The summed E-state index contributed by atoms with van der Waals surface area (Å²) in [6, 6.07) is 7.39. The van der Waals surface area contributed by atoms with E-state index in [4.69, 9.17) is 28.9 Å². The Kier molecular flexibility index (Phi) is 5.06. The summed E-state index contributed by atoms with van der Waals surface area (Å²) in [6.07, 6.45) is -4.67. The first-order valence-corrected chi connectivity index (χ1v) is 7.13. The van der Waals surface area contributed by atoms with E-state index >= 15 is 0 Å². The molecular formula is C15H11Cl2F3N2O. The lowest BCUT2D eigenvalue weighted by molar-refractivity contribution is -0.137. The Morgan fingerprint density at radius 1 is 1.13 bits per heavy atom. The summed E-state index contributed by atoms with van der Waals surface area (Å²) in [5.74, 6) is -0.499. The van der Waals surface area contributed by atoms with E-state index < -0.39 is 17.6 Å². The van der Waals surface area contributed by atoms with Gasteiger partial charge in [0.25, 0.3) is 0 Å². The highest BCUT2D eigenvalue weighted by molar-refractivity contribution is 6.39. The molecule has 0 aliphatic rings. The van der Waals surface area contributed by atoms with E-state index in [1.54, 1.807) is 0 Å². The van der Waals surface area contributed by atoms with E-state index in [-0.39, 0.29) is 27.7 Å². The average molecular weight is 363 g/mol. The number of nitrogens with two attached hydrogens (primary N) is 1. The number of alkyl halides is 3. The number of halogens is 5. The standard InChI is InChI=1S/C15H11Cl2F3N2O/c16-11-6-10(7-12(17)14(11)21)22-13(23)5-8-2-1-3-9(4-8)15(18,19)20/h1-4,6-7H,5,21H2,(H,22,23). The molecule has 3 nitrogen and oxygen atoms in total. The lowest BCUT2D eigenvalue weighted by Gasteiger charge is -2.10. The van der Waals surface area contributed by atoms with Crippen LogP contribution in [0.1, 0.15) is 11.1 Å². The summed E-state index contributed by atoms with van der Waals surface area (Å²) in [5.41, 5.74) is 5.51. The zero-order valence-corrected chi connectivity index (χ0v) is 13.1.